The van der Waals surface area contributed by atoms with Gasteiger partial charge in [0.05, 0.1) is 31.0 Å². The number of rotatable bonds is 18. The number of aliphatic hydroxyl groups excluding tert-OH is 1. The molecule has 0 aromatic heterocycles. The molecule has 190 valence electrons. The van der Waals surface area contributed by atoms with E-state index >= 15 is 0 Å². The van der Waals surface area contributed by atoms with Crippen LogP contribution in [0.5, 0.6) is 0 Å². The summed E-state index contributed by atoms with van der Waals surface area (Å²) in [7, 11) is 0. The zero-order valence-electron chi connectivity index (χ0n) is 21.7. The van der Waals surface area contributed by atoms with E-state index in [1.807, 2.05) is 18.2 Å². The first-order valence-corrected chi connectivity index (χ1v) is 13.7. The maximum absolute atomic E-state index is 10.1. The Bertz CT molecular complexity index is 592. The van der Waals surface area contributed by atoms with Crippen LogP contribution in [0.3, 0.4) is 0 Å². The van der Waals surface area contributed by atoms with Crippen molar-refractivity contribution in [2.45, 2.75) is 135 Å². The average Bonchev–Trinajstić information content (AvgIpc) is 2.81. The Labute approximate surface area is 203 Å². The van der Waals surface area contributed by atoms with Crippen LogP contribution >= 0.6 is 0 Å². The number of unbranched alkanes of at least 4 members (excludes halogenated alkanes) is 11. The molecule has 2 N–H and O–H groups in total. The molecule has 1 aromatic rings. The lowest BCUT2D eigenvalue weighted by Crippen LogP contribution is -2.58. The first-order chi connectivity index (χ1) is 16.1. The molecule has 4 heteroatoms. The normalized spacial score (nSPS) is 21.2. The molecule has 1 aromatic carbocycles. The first kappa shape index (κ1) is 28.3. The van der Waals surface area contributed by atoms with Gasteiger partial charge in [0.25, 0.3) is 0 Å². The molecular formula is C29H51NO3. The molecule has 1 fully saturated rings. The smallest absolute Gasteiger partial charge is 0.102 e. The summed E-state index contributed by atoms with van der Waals surface area (Å²) in [6.45, 7) is 7.81. The fraction of sp³-hybridized carbons (Fsp3) is 0.793. The van der Waals surface area contributed by atoms with Crippen LogP contribution in [0.25, 0.3) is 0 Å². The van der Waals surface area contributed by atoms with Gasteiger partial charge in [-0.3, -0.25) is 0 Å². The standard InChI is InChI=1S/C29H51NO3/c1-4-5-6-7-8-9-10-11-12-13-14-18-21-27-28(33-29(2,3)24-32-27)26(23-31)30-22-25-19-16-15-17-20-25/h15-17,19-20,26-28,30-31H,4-14,18,21-24H2,1-3H3/t26-,27+,28-/m1/s1. The Morgan fingerprint density at radius 3 is 2.06 bits per heavy atom. The van der Waals surface area contributed by atoms with Crippen LogP contribution in [0.15, 0.2) is 30.3 Å². The highest BCUT2D eigenvalue weighted by molar-refractivity contribution is 5.14. The van der Waals surface area contributed by atoms with Crippen molar-refractivity contribution in [3.8, 4) is 0 Å². The van der Waals surface area contributed by atoms with E-state index in [-0.39, 0.29) is 30.5 Å². The summed E-state index contributed by atoms with van der Waals surface area (Å²) in [6, 6.07) is 10.2. The van der Waals surface area contributed by atoms with Gasteiger partial charge in [-0.1, -0.05) is 114 Å². The van der Waals surface area contributed by atoms with Crippen LogP contribution < -0.4 is 5.32 Å². The third kappa shape index (κ3) is 11.8. The number of ether oxygens (including phenoxy) is 2. The van der Waals surface area contributed by atoms with Crippen LogP contribution in [0.4, 0.5) is 0 Å². The fourth-order valence-electron chi connectivity index (χ4n) is 4.79. The highest BCUT2D eigenvalue weighted by atomic mass is 16.6. The van der Waals surface area contributed by atoms with Gasteiger partial charge in [0.1, 0.15) is 6.10 Å². The van der Waals surface area contributed by atoms with Crippen LogP contribution in [-0.4, -0.2) is 42.2 Å². The topological polar surface area (TPSA) is 50.7 Å². The van der Waals surface area contributed by atoms with E-state index in [1.54, 1.807) is 0 Å². The molecule has 33 heavy (non-hydrogen) atoms. The summed E-state index contributed by atoms with van der Waals surface area (Å²) in [4.78, 5) is 0. The van der Waals surface area contributed by atoms with Gasteiger partial charge in [0.15, 0.2) is 0 Å². The third-order valence-electron chi connectivity index (χ3n) is 6.81. The SMILES string of the molecule is CCCCCCCCCCCCCC[C@@H]1OCC(C)(C)O[C@@H]1[C@@H](CO)NCc1ccccc1. The van der Waals surface area contributed by atoms with Gasteiger partial charge in [0, 0.05) is 6.54 Å². The second kappa shape index (κ2) is 16.6. The van der Waals surface area contributed by atoms with Gasteiger partial charge in [-0.15, -0.1) is 0 Å². The Balaban J connectivity index is 1.66. The lowest BCUT2D eigenvalue weighted by atomic mass is 9.95. The molecule has 3 atom stereocenters. The summed E-state index contributed by atoms with van der Waals surface area (Å²) < 4.78 is 12.7. The van der Waals surface area contributed by atoms with Crippen molar-refractivity contribution < 1.29 is 14.6 Å². The Morgan fingerprint density at radius 1 is 0.909 bits per heavy atom. The Morgan fingerprint density at radius 2 is 1.48 bits per heavy atom. The van der Waals surface area contributed by atoms with E-state index in [4.69, 9.17) is 9.47 Å². The van der Waals surface area contributed by atoms with E-state index in [0.29, 0.717) is 6.61 Å². The summed E-state index contributed by atoms with van der Waals surface area (Å²) in [5.41, 5.74) is 0.893. The van der Waals surface area contributed by atoms with E-state index in [9.17, 15) is 5.11 Å². The maximum atomic E-state index is 10.1. The molecule has 0 unspecified atom stereocenters. The molecular weight excluding hydrogens is 410 g/mol. The zero-order valence-corrected chi connectivity index (χ0v) is 21.7. The van der Waals surface area contributed by atoms with Gasteiger partial charge in [0.2, 0.25) is 0 Å². The van der Waals surface area contributed by atoms with Crippen LogP contribution in [0.2, 0.25) is 0 Å². The molecule has 2 rings (SSSR count). The van der Waals surface area contributed by atoms with Gasteiger partial charge in [-0.25, -0.2) is 0 Å². The molecule has 1 aliphatic rings. The highest BCUT2D eigenvalue weighted by Crippen LogP contribution is 2.28. The minimum Gasteiger partial charge on any atom is -0.395 e. The lowest BCUT2D eigenvalue weighted by Gasteiger charge is -2.44. The number of nitrogens with one attached hydrogen (secondary N) is 1. The first-order valence-electron chi connectivity index (χ1n) is 13.7. The monoisotopic (exact) mass is 461 g/mol. The summed E-state index contributed by atoms with van der Waals surface area (Å²) in [5.74, 6) is 0. The molecule has 1 heterocycles. The van der Waals surface area contributed by atoms with Crippen molar-refractivity contribution in [1.82, 2.24) is 5.32 Å². The maximum Gasteiger partial charge on any atom is 0.102 e. The lowest BCUT2D eigenvalue weighted by molar-refractivity contribution is -0.230. The van der Waals surface area contributed by atoms with Crippen molar-refractivity contribution in [1.29, 1.82) is 0 Å². The van der Waals surface area contributed by atoms with Crippen molar-refractivity contribution in [3.05, 3.63) is 35.9 Å². The third-order valence-corrected chi connectivity index (χ3v) is 6.81. The van der Waals surface area contributed by atoms with Crippen molar-refractivity contribution in [3.63, 3.8) is 0 Å². The van der Waals surface area contributed by atoms with Crippen molar-refractivity contribution >= 4 is 0 Å². The zero-order chi connectivity index (χ0) is 23.8. The van der Waals surface area contributed by atoms with Gasteiger partial charge in [-0.05, 0) is 25.8 Å². The van der Waals surface area contributed by atoms with E-state index < -0.39 is 0 Å². The fourth-order valence-corrected chi connectivity index (χ4v) is 4.79. The average molecular weight is 462 g/mol. The van der Waals surface area contributed by atoms with E-state index in [1.165, 1.54) is 82.6 Å². The van der Waals surface area contributed by atoms with Gasteiger partial charge < -0.3 is 19.9 Å². The summed E-state index contributed by atoms with van der Waals surface area (Å²) >= 11 is 0. The van der Waals surface area contributed by atoms with Gasteiger partial charge in [-0.2, -0.15) is 0 Å². The van der Waals surface area contributed by atoms with Crippen molar-refractivity contribution in [2.75, 3.05) is 13.2 Å². The molecule has 0 saturated carbocycles. The number of aliphatic hydroxyl groups is 1. The molecule has 1 aliphatic heterocycles. The Kier molecular flexibility index (Phi) is 14.3. The van der Waals surface area contributed by atoms with Crippen LogP contribution in [0, 0.1) is 0 Å². The second-order valence-electron chi connectivity index (χ2n) is 10.5. The highest BCUT2D eigenvalue weighted by Gasteiger charge is 2.40. The van der Waals surface area contributed by atoms with Gasteiger partial charge >= 0.3 is 0 Å². The predicted octanol–water partition coefficient (Wildman–Crippen LogP) is 6.79. The second-order valence-corrected chi connectivity index (χ2v) is 10.5. The largest absolute Gasteiger partial charge is 0.395 e. The molecule has 0 spiro atoms. The molecule has 0 radical (unpaired) electrons. The molecule has 0 amide bonds. The Hall–Kier alpha value is -0.940. The minimum atomic E-state index is -0.320. The van der Waals surface area contributed by atoms with E-state index in [2.05, 4.69) is 38.2 Å². The predicted molar refractivity (Wildman–Crippen MR) is 139 cm³/mol. The molecule has 1 saturated heterocycles. The number of benzene rings is 1. The molecule has 0 aliphatic carbocycles. The van der Waals surface area contributed by atoms with E-state index in [0.717, 1.165) is 13.0 Å². The minimum absolute atomic E-state index is 0.0431. The molecule has 0 bridgehead atoms. The summed E-state index contributed by atoms with van der Waals surface area (Å²) in [6.07, 6.45) is 17.2. The summed E-state index contributed by atoms with van der Waals surface area (Å²) in [5, 5.41) is 13.6. The van der Waals surface area contributed by atoms with Crippen molar-refractivity contribution in [2.24, 2.45) is 0 Å². The van der Waals surface area contributed by atoms with Crippen LogP contribution in [-0.2, 0) is 16.0 Å². The van der Waals surface area contributed by atoms with Crippen LogP contribution in [0.1, 0.15) is 110 Å². The number of hydrogen-bond acceptors (Lipinski definition) is 4. The number of hydrogen-bond donors (Lipinski definition) is 2. The molecule has 4 nitrogen and oxygen atoms in total. The quantitative estimate of drug-likeness (QED) is 0.236.